The second kappa shape index (κ2) is 5.86. The maximum Gasteiger partial charge on any atom is 0.328 e. The van der Waals surface area contributed by atoms with E-state index >= 15 is 0 Å². The Hall–Kier alpha value is -2.17. The van der Waals surface area contributed by atoms with Crippen molar-refractivity contribution in [3.8, 4) is 0 Å². The average molecular weight is 274 g/mol. The molecule has 1 aromatic rings. The van der Waals surface area contributed by atoms with Crippen LogP contribution >= 0.6 is 0 Å². The van der Waals surface area contributed by atoms with E-state index in [9.17, 15) is 9.59 Å². The van der Waals surface area contributed by atoms with E-state index < -0.39 is 5.97 Å². The maximum atomic E-state index is 12.4. The maximum absolute atomic E-state index is 12.4. The summed E-state index contributed by atoms with van der Waals surface area (Å²) in [6, 6.07) is 1.67. The van der Waals surface area contributed by atoms with Gasteiger partial charge >= 0.3 is 5.97 Å². The van der Waals surface area contributed by atoms with Gasteiger partial charge in [-0.05, 0) is 29.5 Å². The molecule has 2 unspecified atom stereocenters. The standard InChI is InChI=1S/C15H18N2O3/c1-10-8-17(9-11(10)2)15(20)13-5-12(6-16-7-13)3-4-14(18)19/h3-7,10-11H,8-9H2,1-2H3,(H,18,19). The van der Waals surface area contributed by atoms with Crippen LogP contribution in [0.5, 0.6) is 0 Å². The summed E-state index contributed by atoms with van der Waals surface area (Å²) >= 11 is 0. The van der Waals surface area contributed by atoms with Crippen LogP contribution in [0.3, 0.4) is 0 Å². The number of pyridine rings is 1. The third-order valence-corrected chi connectivity index (χ3v) is 3.70. The molecule has 0 radical (unpaired) electrons. The number of amides is 1. The molecule has 2 atom stereocenters. The molecular weight excluding hydrogens is 256 g/mol. The molecule has 0 saturated carbocycles. The van der Waals surface area contributed by atoms with Crippen LogP contribution in [-0.4, -0.2) is 40.0 Å². The van der Waals surface area contributed by atoms with E-state index in [1.165, 1.54) is 18.5 Å². The van der Waals surface area contributed by atoms with Crippen LogP contribution in [0.15, 0.2) is 24.5 Å². The molecule has 0 spiro atoms. The van der Waals surface area contributed by atoms with Gasteiger partial charge in [-0.1, -0.05) is 13.8 Å². The number of hydrogen-bond acceptors (Lipinski definition) is 3. The number of carboxylic acids is 1. The van der Waals surface area contributed by atoms with Gasteiger partial charge in [0.2, 0.25) is 0 Å². The Morgan fingerprint density at radius 1 is 1.30 bits per heavy atom. The van der Waals surface area contributed by atoms with Gasteiger partial charge in [0.05, 0.1) is 5.56 Å². The highest BCUT2D eigenvalue weighted by Crippen LogP contribution is 2.23. The van der Waals surface area contributed by atoms with E-state index in [1.54, 1.807) is 6.07 Å². The third-order valence-electron chi connectivity index (χ3n) is 3.70. The second-order valence-electron chi connectivity index (χ2n) is 5.34. The zero-order valence-electron chi connectivity index (χ0n) is 11.6. The Labute approximate surface area is 117 Å². The van der Waals surface area contributed by atoms with E-state index in [-0.39, 0.29) is 5.91 Å². The Kier molecular flexibility index (Phi) is 4.17. The van der Waals surface area contributed by atoms with Gasteiger partial charge in [-0.2, -0.15) is 0 Å². The second-order valence-corrected chi connectivity index (χ2v) is 5.34. The van der Waals surface area contributed by atoms with Crippen LogP contribution in [-0.2, 0) is 4.79 Å². The van der Waals surface area contributed by atoms with Crippen molar-refractivity contribution in [1.29, 1.82) is 0 Å². The highest BCUT2D eigenvalue weighted by molar-refractivity contribution is 5.95. The van der Waals surface area contributed by atoms with Crippen LogP contribution in [0.25, 0.3) is 6.08 Å². The lowest BCUT2D eigenvalue weighted by Gasteiger charge is -2.16. The number of aliphatic carboxylic acids is 1. The number of rotatable bonds is 3. The topological polar surface area (TPSA) is 70.5 Å². The fraction of sp³-hybridized carbons (Fsp3) is 0.400. The van der Waals surface area contributed by atoms with Crippen molar-refractivity contribution in [2.24, 2.45) is 11.8 Å². The first kappa shape index (κ1) is 14.2. The molecule has 5 heteroatoms. The van der Waals surface area contributed by atoms with Gasteiger partial charge in [-0.15, -0.1) is 0 Å². The molecule has 106 valence electrons. The Bertz CT molecular complexity index is 544. The van der Waals surface area contributed by atoms with E-state index in [0.717, 1.165) is 19.2 Å². The molecule has 1 N–H and O–H groups in total. The average Bonchev–Trinajstić information content (AvgIpc) is 2.76. The number of carbonyl (C=O) groups excluding carboxylic acids is 1. The summed E-state index contributed by atoms with van der Waals surface area (Å²) in [7, 11) is 0. The fourth-order valence-corrected chi connectivity index (χ4v) is 2.31. The molecule has 0 aliphatic carbocycles. The third kappa shape index (κ3) is 3.23. The largest absolute Gasteiger partial charge is 0.478 e. The number of aromatic nitrogens is 1. The quantitative estimate of drug-likeness (QED) is 0.855. The first-order valence-corrected chi connectivity index (χ1v) is 6.62. The molecule has 1 fully saturated rings. The summed E-state index contributed by atoms with van der Waals surface area (Å²) in [6.07, 6.45) is 5.52. The lowest BCUT2D eigenvalue weighted by Crippen LogP contribution is -2.29. The Balaban J connectivity index is 2.15. The normalized spacial score (nSPS) is 22.4. The van der Waals surface area contributed by atoms with Gasteiger partial charge < -0.3 is 10.0 Å². The smallest absolute Gasteiger partial charge is 0.328 e. The highest BCUT2D eigenvalue weighted by Gasteiger charge is 2.29. The van der Waals surface area contributed by atoms with Crippen molar-refractivity contribution >= 4 is 18.0 Å². The van der Waals surface area contributed by atoms with Crippen molar-refractivity contribution in [1.82, 2.24) is 9.88 Å². The van der Waals surface area contributed by atoms with E-state index in [0.29, 0.717) is 23.0 Å². The predicted molar refractivity (Wildman–Crippen MR) is 75.1 cm³/mol. The Morgan fingerprint density at radius 3 is 2.55 bits per heavy atom. The predicted octanol–water partition coefficient (Wildman–Crippen LogP) is 1.91. The summed E-state index contributed by atoms with van der Waals surface area (Å²) in [5, 5.41) is 8.60. The van der Waals surface area contributed by atoms with Crippen molar-refractivity contribution < 1.29 is 14.7 Å². The number of likely N-dealkylation sites (tertiary alicyclic amines) is 1. The van der Waals surface area contributed by atoms with E-state index in [4.69, 9.17) is 5.11 Å². The van der Waals surface area contributed by atoms with Gasteiger partial charge in [-0.25, -0.2) is 4.79 Å². The minimum Gasteiger partial charge on any atom is -0.478 e. The summed E-state index contributed by atoms with van der Waals surface area (Å²) < 4.78 is 0. The summed E-state index contributed by atoms with van der Waals surface area (Å²) in [5.74, 6) is -0.0628. The van der Waals surface area contributed by atoms with Crippen molar-refractivity contribution in [2.45, 2.75) is 13.8 Å². The summed E-state index contributed by atoms with van der Waals surface area (Å²) in [6.45, 7) is 5.80. The zero-order chi connectivity index (χ0) is 14.7. The van der Waals surface area contributed by atoms with Gasteiger partial charge in [0.15, 0.2) is 0 Å². The fourth-order valence-electron chi connectivity index (χ4n) is 2.31. The van der Waals surface area contributed by atoms with Crippen molar-refractivity contribution in [3.63, 3.8) is 0 Å². The molecule has 20 heavy (non-hydrogen) atoms. The molecule has 0 aromatic carbocycles. The summed E-state index contributed by atoms with van der Waals surface area (Å²) in [4.78, 5) is 28.7. The van der Waals surface area contributed by atoms with Gasteiger partial charge in [0, 0.05) is 31.6 Å². The number of hydrogen-bond donors (Lipinski definition) is 1. The van der Waals surface area contributed by atoms with Gasteiger partial charge in [0.1, 0.15) is 0 Å². The van der Waals surface area contributed by atoms with Crippen molar-refractivity contribution in [3.05, 3.63) is 35.7 Å². The van der Waals surface area contributed by atoms with E-state index in [2.05, 4.69) is 18.8 Å². The SMILES string of the molecule is CC1CN(C(=O)c2cncc(C=CC(=O)O)c2)CC1C. The molecular formula is C15H18N2O3. The van der Waals surface area contributed by atoms with Crippen LogP contribution in [0, 0.1) is 11.8 Å². The molecule has 1 amide bonds. The van der Waals surface area contributed by atoms with Crippen LogP contribution in [0.4, 0.5) is 0 Å². The molecule has 1 saturated heterocycles. The van der Waals surface area contributed by atoms with Crippen molar-refractivity contribution in [2.75, 3.05) is 13.1 Å². The van der Waals surface area contributed by atoms with Crippen LogP contribution < -0.4 is 0 Å². The Morgan fingerprint density at radius 2 is 1.95 bits per heavy atom. The molecule has 2 heterocycles. The molecule has 5 nitrogen and oxygen atoms in total. The monoisotopic (exact) mass is 274 g/mol. The lowest BCUT2D eigenvalue weighted by molar-refractivity contribution is -0.131. The number of nitrogens with zero attached hydrogens (tertiary/aromatic N) is 2. The molecule has 2 rings (SSSR count). The number of carboxylic acid groups (broad SMARTS) is 1. The minimum atomic E-state index is -1.02. The summed E-state index contributed by atoms with van der Waals surface area (Å²) in [5.41, 5.74) is 1.11. The molecule has 1 aliphatic rings. The van der Waals surface area contributed by atoms with Gasteiger partial charge in [0.25, 0.3) is 5.91 Å². The lowest BCUT2D eigenvalue weighted by atomic mass is 10.0. The first-order chi connectivity index (χ1) is 9.47. The van der Waals surface area contributed by atoms with Crippen LogP contribution in [0.1, 0.15) is 29.8 Å². The molecule has 1 aliphatic heterocycles. The number of carbonyl (C=O) groups is 2. The van der Waals surface area contributed by atoms with E-state index in [1.807, 2.05) is 4.90 Å². The molecule has 0 bridgehead atoms. The first-order valence-electron chi connectivity index (χ1n) is 6.62. The minimum absolute atomic E-state index is 0.0423. The zero-order valence-corrected chi connectivity index (χ0v) is 11.6. The van der Waals surface area contributed by atoms with Gasteiger partial charge in [-0.3, -0.25) is 9.78 Å². The van der Waals surface area contributed by atoms with Crippen LogP contribution in [0.2, 0.25) is 0 Å². The molecule has 1 aromatic heterocycles. The highest BCUT2D eigenvalue weighted by atomic mass is 16.4.